The Morgan fingerprint density at radius 1 is 1.29 bits per heavy atom. The third-order valence-electron chi connectivity index (χ3n) is 5.01. The molecule has 21 heavy (non-hydrogen) atoms. The van der Waals surface area contributed by atoms with Crippen LogP contribution in [0.25, 0.3) is 0 Å². The van der Waals surface area contributed by atoms with Crippen LogP contribution < -0.4 is 5.32 Å². The predicted molar refractivity (Wildman–Crippen MR) is 98.0 cm³/mol. The maximum atomic E-state index is 3.82. The Balaban J connectivity index is 2.04. The number of halogens is 1. The molecule has 1 nitrogen and oxygen atoms in total. The molecule has 1 saturated carbocycles. The first-order chi connectivity index (χ1) is 9.93. The molecule has 1 aliphatic rings. The molecule has 1 atom stereocenters. The normalized spacial score (nSPS) is 25.0. The van der Waals surface area contributed by atoms with Crippen molar-refractivity contribution in [1.29, 1.82) is 0 Å². The fraction of sp³-hybridized carbons (Fsp3) is 0.778. The summed E-state index contributed by atoms with van der Waals surface area (Å²) in [7, 11) is 0. The highest BCUT2D eigenvalue weighted by atomic mass is 79.9. The third kappa shape index (κ3) is 4.56. The van der Waals surface area contributed by atoms with E-state index in [2.05, 4.69) is 60.4 Å². The zero-order valence-electron chi connectivity index (χ0n) is 13.9. The average Bonchev–Trinajstić information content (AvgIpc) is 2.85. The lowest BCUT2D eigenvalue weighted by molar-refractivity contribution is 0.133. The number of nitrogens with one attached hydrogen (secondary N) is 1. The molecule has 0 aliphatic heterocycles. The summed E-state index contributed by atoms with van der Waals surface area (Å²) in [5, 5.41) is 6.03. The smallest absolute Gasteiger partial charge is 0.0454 e. The summed E-state index contributed by atoms with van der Waals surface area (Å²) < 4.78 is 1.29. The van der Waals surface area contributed by atoms with Gasteiger partial charge in [0, 0.05) is 15.4 Å². The minimum atomic E-state index is 0.473. The first kappa shape index (κ1) is 17.5. The van der Waals surface area contributed by atoms with Crippen LogP contribution in [0.1, 0.15) is 70.7 Å². The van der Waals surface area contributed by atoms with Crippen molar-refractivity contribution in [2.24, 2.45) is 17.3 Å². The van der Waals surface area contributed by atoms with Gasteiger partial charge in [-0.05, 0) is 83.3 Å². The van der Waals surface area contributed by atoms with Gasteiger partial charge in [-0.25, -0.2) is 0 Å². The van der Waals surface area contributed by atoms with Crippen molar-refractivity contribution in [1.82, 2.24) is 5.32 Å². The van der Waals surface area contributed by atoms with Gasteiger partial charge in [0.05, 0.1) is 0 Å². The topological polar surface area (TPSA) is 12.0 Å². The minimum absolute atomic E-state index is 0.473. The molecule has 0 saturated heterocycles. The van der Waals surface area contributed by atoms with Crippen molar-refractivity contribution in [3.63, 3.8) is 0 Å². The third-order valence-corrected chi connectivity index (χ3v) is 6.96. The van der Waals surface area contributed by atoms with Crippen LogP contribution >= 0.6 is 27.3 Å². The van der Waals surface area contributed by atoms with Gasteiger partial charge in [0.2, 0.25) is 0 Å². The second-order valence-corrected chi connectivity index (χ2v) is 9.34. The van der Waals surface area contributed by atoms with E-state index in [1.807, 2.05) is 11.3 Å². The summed E-state index contributed by atoms with van der Waals surface area (Å²) in [4.78, 5) is 1.50. The fourth-order valence-corrected chi connectivity index (χ4v) is 5.41. The molecular weight excluding hydrogens is 342 g/mol. The lowest BCUT2D eigenvalue weighted by Crippen LogP contribution is -2.33. The first-order valence-corrected chi connectivity index (χ1v) is 10.1. The van der Waals surface area contributed by atoms with E-state index >= 15 is 0 Å². The molecule has 1 aromatic heterocycles. The zero-order valence-corrected chi connectivity index (χ0v) is 16.3. The molecule has 0 radical (unpaired) electrons. The summed E-state index contributed by atoms with van der Waals surface area (Å²) in [6.45, 7) is 10.6. The predicted octanol–water partition coefficient (Wildman–Crippen LogP) is 6.40. The van der Waals surface area contributed by atoms with Crippen molar-refractivity contribution in [2.45, 2.75) is 65.8 Å². The van der Waals surface area contributed by atoms with E-state index in [0.29, 0.717) is 11.5 Å². The molecule has 1 N–H and O–H groups in total. The molecule has 0 aromatic carbocycles. The van der Waals surface area contributed by atoms with Crippen LogP contribution in [0.5, 0.6) is 0 Å². The molecule has 2 rings (SSSR count). The van der Waals surface area contributed by atoms with Gasteiger partial charge in [-0.15, -0.1) is 11.3 Å². The molecule has 0 spiro atoms. The Bertz CT molecular complexity index is 427. The van der Waals surface area contributed by atoms with Gasteiger partial charge < -0.3 is 5.32 Å². The molecule has 0 amide bonds. The zero-order chi connectivity index (χ0) is 15.5. The fourth-order valence-electron chi connectivity index (χ4n) is 3.62. The van der Waals surface area contributed by atoms with Gasteiger partial charge in [0.15, 0.2) is 0 Å². The van der Waals surface area contributed by atoms with E-state index in [9.17, 15) is 0 Å². The van der Waals surface area contributed by atoms with Gasteiger partial charge in [-0.3, -0.25) is 0 Å². The van der Waals surface area contributed by atoms with Crippen LogP contribution in [-0.4, -0.2) is 6.54 Å². The van der Waals surface area contributed by atoms with Gasteiger partial charge in [0.25, 0.3) is 0 Å². The molecule has 1 heterocycles. The highest BCUT2D eigenvalue weighted by molar-refractivity contribution is 9.10. The first-order valence-electron chi connectivity index (χ1n) is 8.39. The van der Waals surface area contributed by atoms with E-state index < -0.39 is 0 Å². The van der Waals surface area contributed by atoms with Gasteiger partial charge in [-0.1, -0.05) is 27.7 Å². The summed E-state index contributed by atoms with van der Waals surface area (Å²) in [5.74, 6) is 1.69. The molecule has 3 heteroatoms. The van der Waals surface area contributed by atoms with Crippen molar-refractivity contribution >= 4 is 27.3 Å². The number of hydrogen-bond acceptors (Lipinski definition) is 2. The Hall–Kier alpha value is 0.140. The summed E-state index contributed by atoms with van der Waals surface area (Å²) in [6, 6.07) is 2.74. The van der Waals surface area contributed by atoms with E-state index in [4.69, 9.17) is 0 Å². The van der Waals surface area contributed by atoms with Crippen molar-refractivity contribution in [3.8, 4) is 0 Å². The van der Waals surface area contributed by atoms with Crippen molar-refractivity contribution in [3.05, 3.63) is 20.8 Å². The summed E-state index contributed by atoms with van der Waals surface area (Å²) in [6.07, 6.45) is 6.72. The molecule has 0 bridgehead atoms. The average molecular weight is 372 g/mol. The lowest BCUT2D eigenvalue weighted by atomic mass is 9.68. The highest BCUT2D eigenvalue weighted by Crippen LogP contribution is 2.45. The quantitative estimate of drug-likeness (QED) is 0.630. The molecule has 1 fully saturated rings. The second kappa shape index (κ2) is 7.61. The molecule has 120 valence electrons. The molecule has 1 aromatic rings. The van der Waals surface area contributed by atoms with Crippen molar-refractivity contribution < 1.29 is 0 Å². The second-order valence-electron chi connectivity index (χ2n) is 7.54. The summed E-state index contributed by atoms with van der Waals surface area (Å²) >= 11 is 5.64. The van der Waals surface area contributed by atoms with Crippen LogP contribution in [0.3, 0.4) is 0 Å². The van der Waals surface area contributed by atoms with E-state index in [1.165, 1.54) is 41.5 Å². The Labute approximate surface area is 143 Å². The molecular formula is C18H30BrNS. The Morgan fingerprint density at radius 2 is 1.95 bits per heavy atom. The number of rotatable bonds is 5. The lowest BCUT2D eigenvalue weighted by Gasteiger charge is -2.39. The van der Waals surface area contributed by atoms with Crippen LogP contribution in [0.4, 0.5) is 0 Å². The van der Waals surface area contributed by atoms with Gasteiger partial charge in [-0.2, -0.15) is 0 Å². The SMILES string of the molecule is CCCNC(c1sccc1Br)C1CCC(C(C)(C)C)CC1. The number of thiophene rings is 1. The van der Waals surface area contributed by atoms with E-state index in [-0.39, 0.29) is 0 Å². The van der Waals surface area contributed by atoms with Gasteiger partial charge >= 0.3 is 0 Å². The Kier molecular flexibility index (Phi) is 6.34. The number of hydrogen-bond donors (Lipinski definition) is 1. The van der Waals surface area contributed by atoms with E-state index in [0.717, 1.165) is 18.4 Å². The standard InChI is InChI=1S/C18H30BrNS/c1-5-11-20-16(17-15(19)10-12-21-17)13-6-8-14(9-7-13)18(2,3)4/h10,12-14,16,20H,5-9,11H2,1-4H3. The van der Waals surface area contributed by atoms with Crippen LogP contribution in [0, 0.1) is 17.3 Å². The molecule has 1 unspecified atom stereocenters. The van der Waals surface area contributed by atoms with Crippen LogP contribution in [0.2, 0.25) is 0 Å². The van der Waals surface area contributed by atoms with E-state index in [1.54, 1.807) is 0 Å². The van der Waals surface area contributed by atoms with Gasteiger partial charge in [0.1, 0.15) is 0 Å². The monoisotopic (exact) mass is 371 g/mol. The Morgan fingerprint density at radius 3 is 2.43 bits per heavy atom. The maximum absolute atomic E-state index is 3.82. The maximum Gasteiger partial charge on any atom is 0.0454 e. The largest absolute Gasteiger partial charge is 0.309 e. The summed E-state index contributed by atoms with van der Waals surface area (Å²) in [5.41, 5.74) is 0.473. The van der Waals surface area contributed by atoms with Crippen molar-refractivity contribution in [2.75, 3.05) is 6.54 Å². The highest BCUT2D eigenvalue weighted by Gasteiger charge is 2.34. The van der Waals surface area contributed by atoms with Crippen LogP contribution in [-0.2, 0) is 0 Å². The van der Waals surface area contributed by atoms with Crippen LogP contribution in [0.15, 0.2) is 15.9 Å². The molecule has 1 aliphatic carbocycles. The minimum Gasteiger partial charge on any atom is -0.309 e.